The maximum Gasteiger partial charge on any atom is 0.374 e. The van der Waals surface area contributed by atoms with Gasteiger partial charge in [0.15, 0.2) is 17.1 Å². The van der Waals surface area contributed by atoms with E-state index in [0.717, 1.165) is 71.8 Å². The van der Waals surface area contributed by atoms with Gasteiger partial charge in [0.2, 0.25) is 35.0 Å². The van der Waals surface area contributed by atoms with Crippen molar-refractivity contribution in [1.29, 1.82) is 15.8 Å². The Kier molecular flexibility index (Phi) is 23.0. The average Bonchev–Trinajstić information content (AvgIpc) is 1.82. The second-order valence-corrected chi connectivity index (χ2v) is 21.9. The fourth-order valence-electron chi connectivity index (χ4n) is 9.25. The molecule has 0 bridgehead atoms. The number of nitrogens with zero attached hydrogens (tertiary/aromatic N) is 12. The van der Waals surface area contributed by atoms with Crippen molar-refractivity contribution in [1.82, 2.24) is 55.5 Å². The number of aromatic nitrogens is 9. The van der Waals surface area contributed by atoms with Crippen LogP contribution in [0.15, 0.2) is 141 Å². The van der Waals surface area contributed by atoms with Crippen LogP contribution in [0.3, 0.4) is 0 Å². The molecule has 0 atom stereocenters. The second kappa shape index (κ2) is 31.6. The number of fused-ring (bicyclic) bond motifs is 3. The molecule has 0 aliphatic heterocycles. The number of aryl methyl sites for hydroxylation is 3. The number of hydrogen-bond donors (Lipinski definition) is 7. The van der Waals surface area contributed by atoms with Gasteiger partial charge in [-0.2, -0.15) is 15.8 Å². The van der Waals surface area contributed by atoms with Gasteiger partial charge in [0.25, 0.3) is 11.8 Å². The molecule has 29 heteroatoms. The minimum Gasteiger partial charge on any atom is -0.475 e. The molecule has 478 valence electrons. The molecular formula is C66H54Cl4N18O7. The van der Waals surface area contributed by atoms with Gasteiger partial charge >= 0.3 is 5.97 Å². The van der Waals surface area contributed by atoms with Gasteiger partial charge in [-0.1, -0.05) is 71.2 Å². The van der Waals surface area contributed by atoms with Crippen LogP contribution >= 0.6 is 47.2 Å². The van der Waals surface area contributed by atoms with Crippen LogP contribution in [0.1, 0.15) is 117 Å². The lowest BCUT2D eigenvalue weighted by atomic mass is 10.1. The van der Waals surface area contributed by atoms with E-state index in [4.69, 9.17) is 81.4 Å². The number of amides is 2. The monoisotopic (exact) mass is 1350 g/mol. The summed E-state index contributed by atoms with van der Waals surface area (Å²) in [5.41, 5.74) is 31.8. The van der Waals surface area contributed by atoms with E-state index in [1.54, 1.807) is 74.9 Å². The summed E-state index contributed by atoms with van der Waals surface area (Å²) in [5.74, 6) is -0.986. The van der Waals surface area contributed by atoms with Crippen molar-refractivity contribution in [2.75, 3.05) is 17.2 Å². The average molecular weight is 1350 g/mol. The zero-order valence-electron chi connectivity index (χ0n) is 50.5. The van der Waals surface area contributed by atoms with E-state index in [9.17, 15) is 24.9 Å². The van der Waals surface area contributed by atoms with Crippen molar-refractivity contribution in [2.45, 2.75) is 59.7 Å². The van der Waals surface area contributed by atoms with Gasteiger partial charge in [0.1, 0.15) is 35.7 Å². The highest BCUT2D eigenvalue weighted by atomic mass is 35.5. The Balaban J connectivity index is 0.000000171. The molecule has 0 spiro atoms. The molecule has 9 aromatic heterocycles. The van der Waals surface area contributed by atoms with Crippen LogP contribution in [0, 0.1) is 54.8 Å². The third-order valence-corrected chi connectivity index (χ3v) is 14.5. The van der Waals surface area contributed by atoms with Gasteiger partial charge in [0, 0.05) is 90.7 Å². The normalized spacial score (nSPS) is 10.5. The first-order valence-corrected chi connectivity index (χ1v) is 29.3. The lowest BCUT2D eigenvalue weighted by molar-refractivity contribution is 0.0659. The summed E-state index contributed by atoms with van der Waals surface area (Å²) in [6.45, 7) is 6.47. The molecule has 25 nitrogen and oxygen atoms in total. The van der Waals surface area contributed by atoms with Crippen LogP contribution in [-0.2, 0) is 38.9 Å². The van der Waals surface area contributed by atoms with E-state index in [1.165, 1.54) is 0 Å². The molecule has 3 aromatic carbocycles. The standard InChI is InChI=1S/2C22H17ClN6O2.C15H8ClN3O3.C7H11N3.ClH/c2*1-12-14(3-5-19(25)28-12)10-27-22(30)21-18(9-24)29-20(31-21)7-13-2-4-17-15(6-13)8-16(23)11-26-17;16-10-5-9-3-8(1-2-11(9)18-7-10)4-13-19-12(6-17)14(22-13)15(20)21;1-5-6(4-8)2-3-7(9)10-5;/h2*2-6,8,11H,7,10H2,1H3,(H2,25,28)(H,27,30);1-3,5,7H,4H2,(H,20,21);2-3H,4,8H2,1H3,(H2,9,10);1H. The molecule has 11 N–H and O–H groups in total. The summed E-state index contributed by atoms with van der Waals surface area (Å²) in [6.07, 6.45) is 5.63. The minimum absolute atomic E-state index is 0. The highest BCUT2D eigenvalue weighted by molar-refractivity contribution is 6.31. The lowest BCUT2D eigenvalue weighted by Gasteiger charge is -2.07. The van der Waals surface area contributed by atoms with E-state index < -0.39 is 23.5 Å². The quantitative estimate of drug-likeness (QED) is 0.0532. The summed E-state index contributed by atoms with van der Waals surface area (Å²) in [4.78, 5) is 73.4. The van der Waals surface area contributed by atoms with E-state index >= 15 is 0 Å². The van der Waals surface area contributed by atoms with Crippen LogP contribution in [0.25, 0.3) is 32.7 Å². The second-order valence-electron chi connectivity index (χ2n) is 20.6. The van der Waals surface area contributed by atoms with Gasteiger partial charge in [-0.05, 0) is 127 Å². The molecule has 0 aliphatic rings. The predicted octanol–water partition coefficient (Wildman–Crippen LogP) is 11.0. The molecule has 0 unspecified atom stereocenters. The lowest BCUT2D eigenvalue weighted by Crippen LogP contribution is -2.23. The van der Waals surface area contributed by atoms with Crippen LogP contribution in [0.4, 0.5) is 17.5 Å². The molecule has 2 amide bonds. The number of benzene rings is 3. The number of pyridine rings is 6. The Morgan fingerprint density at radius 2 is 0.789 bits per heavy atom. The van der Waals surface area contributed by atoms with Crippen molar-refractivity contribution in [3.05, 3.63) is 245 Å². The SMILES string of the molecule is Cc1nc(N)ccc1CN.Cc1nc(N)ccc1CNC(=O)c1oc(Cc2ccc3ncc(Cl)cc3c2)nc1C#N.Cc1nc(N)ccc1CNC(=O)c1oc(Cc2ccc3ncc(Cl)cc3c2)nc1C#N.Cl.N#Cc1nc(Cc2ccc3ncc(Cl)cc3c2)oc1C(=O)O. The van der Waals surface area contributed by atoms with Gasteiger partial charge in [-0.25, -0.2) is 34.7 Å². The fourth-order valence-corrected chi connectivity index (χ4v) is 9.74. The van der Waals surface area contributed by atoms with E-state index in [0.29, 0.717) is 63.3 Å². The smallest absolute Gasteiger partial charge is 0.374 e. The zero-order chi connectivity index (χ0) is 67.2. The molecular weight excluding hydrogens is 1300 g/mol. The fraction of sp³-hybridized carbons (Fsp3) is 0.136. The molecule has 0 saturated heterocycles. The zero-order valence-corrected chi connectivity index (χ0v) is 53.6. The number of aromatic carboxylic acids is 1. The number of halogens is 4. The van der Waals surface area contributed by atoms with Crippen molar-refractivity contribution >= 4 is 115 Å². The highest BCUT2D eigenvalue weighted by Crippen LogP contribution is 2.25. The van der Waals surface area contributed by atoms with Gasteiger partial charge in [0.05, 0.1) is 31.6 Å². The third-order valence-electron chi connectivity index (χ3n) is 13.9. The van der Waals surface area contributed by atoms with Gasteiger partial charge in [-0.3, -0.25) is 24.5 Å². The number of nitrogens with one attached hydrogen (secondary N) is 2. The molecule has 0 radical (unpaired) electrons. The third kappa shape index (κ3) is 18.1. The number of carboxylic acids is 1. The first-order chi connectivity index (χ1) is 45.1. The summed E-state index contributed by atoms with van der Waals surface area (Å²) >= 11 is 17.9. The van der Waals surface area contributed by atoms with Crippen molar-refractivity contribution < 1.29 is 32.7 Å². The Hall–Kier alpha value is -11.6. The van der Waals surface area contributed by atoms with Crippen molar-refractivity contribution in [3.63, 3.8) is 0 Å². The first kappa shape index (κ1) is 69.3. The highest BCUT2D eigenvalue weighted by Gasteiger charge is 2.24. The molecule has 0 fully saturated rings. The van der Waals surface area contributed by atoms with Crippen LogP contribution in [-0.4, -0.2) is 67.7 Å². The largest absolute Gasteiger partial charge is 0.475 e. The molecule has 12 aromatic rings. The molecule has 0 saturated carbocycles. The summed E-state index contributed by atoms with van der Waals surface area (Å²) in [5, 5.41) is 46.2. The molecule has 95 heavy (non-hydrogen) atoms. The Bertz CT molecular complexity index is 4790. The van der Waals surface area contributed by atoms with Crippen molar-refractivity contribution in [2.24, 2.45) is 5.73 Å². The van der Waals surface area contributed by atoms with Crippen LogP contribution in [0.5, 0.6) is 0 Å². The van der Waals surface area contributed by atoms with E-state index in [-0.39, 0.29) is 78.2 Å². The van der Waals surface area contributed by atoms with Gasteiger partial charge < -0.3 is 51.9 Å². The number of nitrogens with two attached hydrogens (primary N) is 4. The number of hydrogen-bond acceptors (Lipinski definition) is 22. The Morgan fingerprint density at radius 1 is 0.474 bits per heavy atom. The van der Waals surface area contributed by atoms with E-state index in [2.05, 4.69) is 55.5 Å². The first-order valence-electron chi connectivity index (χ1n) is 28.1. The molecule has 9 heterocycles. The minimum atomic E-state index is -1.32. The topological polar surface area (TPSA) is 426 Å². The number of nitriles is 3. The van der Waals surface area contributed by atoms with Crippen molar-refractivity contribution in [3.8, 4) is 18.2 Å². The Labute approximate surface area is 562 Å². The number of rotatable bonds is 14. The summed E-state index contributed by atoms with van der Waals surface area (Å²) in [6, 6.07) is 38.4. The molecule has 12 rings (SSSR count). The maximum absolute atomic E-state index is 12.6. The number of carboxylic acid groups (broad SMARTS) is 1. The van der Waals surface area contributed by atoms with Crippen LogP contribution < -0.4 is 33.6 Å². The number of anilines is 3. The Morgan fingerprint density at radius 3 is 1.08 bits per heavy atom. The summed E-state index contributed by atoms with van der Waals surface area (Å²) in [7, 11) is 0. The number of oxazole rings is 3. The number of carbonyl (C=O) groups excluding carboxylic acids is 2. The predicted molar refractivity (Wildman–Crippen MR) is 357 cm³/mol. The van der Waals surface area contributed by atoms with Crippen LogP contribution in [0.2, 0.25) is 15.1 Å². The summed E-state index contributed by atoms with van der Waals surface area (Å²) < 4.78 is 16.4. The maximum atomic E-state index is 12.6. The number of nitrogen functional groups attached to an aromatic ring is 3. The molecule has 0 aliphatic carbocycles. The number of carbonyl (C=O) groups is 3. The van der Waals surface area contributed by atoms with Gasteiger partial charge in [-0.15, -0.1) is 12.4 Å². The van der Waals surface area contributed by atoms with E-state index in [1.807, 2.05) is 91.9 Å².